The Labute approximate surface area is 208 Å². The summed E-state index contributed by atoms with van der Waals surface area (Å²) in [7, 11) is 0. The first-order chi connectivity index (χ1) is 17.7. The normalized spacial score (nSPS) is 21.2. The highest BCUT2D eigenvalue weighted by molar-refractivity contribution is 6.17. The van der Waals surface area contributed by atoms with Gasteiger partial charge in [0.15, 0.2) is 5.84 Å². The van der Waals surface area contributed by atoms with E-state index in [1.165, 1.54) is 30.6 Å². The van der Waals surface area contributed by atoms with Crippen molar-refractivity contribution in [1.29, 1.82) is 0 Å². The Morgan fingerprint density at radius 3 is 2.92 bits per heavy atom. The van der Waals surface area contributed by atoms with Crippen molar-refractivity contribution in [3.63, 3.8) is 0 Å². The number of rotatable bonds is 7. The fourth-order valence-corrected chi connectivity index (χ4v) is 4.21. The Kier molecular flexibility index (Phi) is 6.52. The Bertz CT molecular complexity index is 1300. The van der Waals surface area contributed by atoms with E-state index in [1.54, 1.807) is 0 Å². The molecule has 37 heavy (non-hydrogen) atoms. The zero-order valence-electron chi connectivity index (χ0n) is 19.2. The molecule has 1 fully saturated rings. The second kappa shape index (κ2) is 9.78. The van der Waals surface area contributed by atoms with E-state index in [1.807, 2.05) is 4.90 Å². The number of alkyl halides is 3. The molecule has 4 heterocycles. The van der Waals surface area contributed by atoms with Gasteiger partial charge in [-0.25, -0.2) is 9.98 Å². The van der Waals surface area contributed by atoms with Crippen LogP contribution in [0.3, 0.4) is 0 Å². The van der Waals surface area contributed by atoms with Crippen LogP contribution in [0.25, 0.3) is 0 Å². The molecule has 5 rings (SSSR count). The molecule has 11 nitrogen and oxygen atoms in total. The lowest BCUT2D eigenvalue weighted by Crippen LogP contribution is -2.47. The van der Waals surface area contributed by atoms with E-state index in [-0.39, 0.29) is 41.8 Å². The van der Waals surface area contributed by atoms with E-state index in [4.69, 9.17) is 9.84 Å². The summed E-state index contributed by atoms with van der Waals surface area (Å²) in [6, 6.07) is 5.49. The molecule has 1 saturated heterocycles. The number of carbonyl (C=O) groups is 1. The fraction of sp³-hybridized carbons (Fsp3) is 0.348. The number of ether oxygens (including phenoxy) is 1. The van der Waals surface area contributed by atoms with Gasteiger partial charge in [-0.15, -0.1) is 0 Å². The van der Waals surface area contributed by atoms with Crippen LogP contribution in [-0.4, -0.2) is 80.6 Å². The minimum atomic E-state index is -4.47. The van der Waals surface area contributed by atoms with Gasteiger partial charge in [0, 0.05) is 24.7 Å². The highest BCUT2D eigenvalue weighted by atomic mass is 19.4. The number of nitrogens with one attached hydrogen (secondary N) is 2. The summed E-state index contributed by atoms with van der Waals surface area (Å²) in [6.07, 6.45) is -2.26. The summed E-state index contributed by atoms with van der Waals surface area (Å²) in [5, 5.41) is 24.0. The Morgan fingerprint density at radius 1 is 1.30 bits per heavy atom. The number of halogens is 3. The maximum Gasteiger partial charge on any atom is 0.416 e. The third kappa shape index (κ3) is 5.24. The molecule has 1 aromatic carbocycles. The average Bonchev–Trinajstić information content (AvgIpc) is 3.24. The van der Waals surface area contributed by atoms with E-state index >= 15 is 0 Å². The van der Waals surface area contributed by atoms with Crippen molar-refractivity contribution in [2.24, 2.45) is 9.98 Å². The smallest absolute Gasteiger partial charge is 0.416 e. The van der Waals surface area contributed by atoms with Crippen LogP contribution in [0.4, 0.5) is 19.0 Å². The molecule has 0 spiro atoms. The molecular formula is C23H22F3N7O4. The van der Waals surface area contributed by atoms with Gasteiger partial charge in [0.25, 0.3) is 0 Å². The quantitative estimate of drug-likeness (QED) is 0.424. The molecule has 3 aliphatic heterocycles. The van der Waals surface area contributed by atoms with Crippen LogP contribution >= 0.6 is 0 Å². The number of nitrogens with zero attached hydrogens (tertiary/aromatic N) is 5. The molecular weight excluding hydrogens is 495 g/mol. The van der Waals surface area contributed by atoms with Crippen molar-refractivity contribution in [1.82, 2.24) is 20.2 Å². The molecule has 1 unspecified atom stereocenters. The van der Waals surface area contributed by atoms with Crippen LogP contribution in [0, 0.1) is 0 Å². The monoisotopic (exact) mass is 517 g/mol. The largest absolute Gasteiger partial charge is 0.461 e. The minimum absolute atomic E-state index is 0.0722. The summed E-state index contributed by atoms with van der Waals surface area (Å²) in [5.41, 5.74) is 0.0518. The lowest BCUT2D eigenvalue weighted by molar-refractivity contribution is -0.137. The molecule has 2 aromatic rings. The van der Waals surface area contributed by atoms with E-state index in [0.29, 0.717) is 24.5 Å². The SMILES string of the molecule is O=C(Nc1ccnc(OC[C@H](O)CO)n1)C1C[C@H]2CN1C1=CN=C(c3cccc(C(F)(F)F)c3)NC1=N2. The standard InChI is InChI=1S/C23H22F3N7O4/c24-23(25,26)13-3-1-2-12(6-13)19-28-8-17-20(32-19)29-14-7-16(33(17)9-14)21(36)30-18-4-5-27-22(31-18)37-11-15(35)10-34/h1-6,8,14-16,34-35H,7,9-11H2,(H,28,29,32)(H,27,30,31,36)/t14-,15+,16?/m0/s1. The Balaban J connectivity index is 1.30. The predicted octanol–water partition coefficient (Wildman–Crippen LogP) is 0.912. The number of benzene rings is 1. The number of amides is 1. The van der Waals surface area contributed by atoms with Crippen LogP contribution in [0.1, 0.15) is 17.5 Å². The van der Waals surface area contributed by atoms with Crippen molar-refractivity contribution in [2.75, 3.05) is 25.1 Å². The zero-order valence-corrected chi connectivity index (χ0v) is 19.2. The van der Waals surface area contributed by atoms with Crippen LogP contribution in [0.15, 0.2) is 58.4 Å². The fourth-order valence-electron chi connectivity index (χ4n) is 4.21. The van der Waals surface area contributed by atoms with Gasteiger partial charge >= 0.3 is 12.2 Å². The van der Waals surface area contributed by atoms with Gasteiger partial charge in [0.05, 0.1) is 30.1 Å². The molecule has 1 amide bonds. The van der Waals surface area contributed by atoms with Gasteiger partial charge < -0.3 is 30.5 Å². The van der Waals surface area contributed by atoms with Crippen LogP contribution < -0.4 is 15.4 Å². The number of aromatic nitrogens is 2. The number of hydrogen-bond acceptors (Lipinski definition) is 10. The molecule has 0 radical (unpaired) electrons. The first kappa shape index (κ1) is 24.6. The van der Waals surface area contributed by atoms with E-state index in [9.17, 15) is 23.1 Å². The second-order valence-corrected chi connectivity index (χ2v) is 8.59. The number of hydrogen-bond donors (Lipinski definition) is 4. The van der Waals surface area contributed by atoms with Crippen molar-refractivity contribution < 1.29 is 32.9 Å². The van der Waals surface area contributed by atoms with Gasteiger partial charge in [-0.05, 0) is 18.2 Å². The van der Waals surface area contributed by atoms with Gasteiger partial charge in [0.2, 0.25) is 5.91 Å². The Morgan fingerprint density at radius 2 is 2.14 bits per heavy atom. The maximum atomic E-state index is 13.1. The molecule has 1 aromatic heterocycles. The third-order valence-corrected chi connectivity index (χ3v) is 5.96. The van der Waals surface area contributed by atoms with Gasteiger partial charge in [-0.3, -0.25) is 9.79 Å². The molecule has 14 heteroatoms. The highest BCUT2D eigenvalue weighted by Crippen LogP contribution is 2.33. The van der Waals surface area contributed by atoms with Crippen molar-refractivity contribution in [3.05, 3.63) is 59.6 Å². The molecule has 194 valence electrons. The molecule has 0 aliphatic carbocycles. The zero-order chi connectivity index (χ0) is 26.2. The van der Waals surface area contributed by atoms with Gasteiger partial charge in [-0.2, -0.15) is 18.2 Å². The lowest BCUT2D eigenvalue weighted by atomic mass is 10.1. The third-order valence-electron chi connectivity index (χ3n) is 5.96. The first-order valence-corrected chi connectivity index (χ1v) is 11.3. The van der Waals surface area contributed by atoms with E-state index in [0.717, 1.165) is 12.1 Å². The van der Waals surface area contributed by atoms with Crippen molar-refractivity contribution >= 4 is 23.4 Å². The summed E-state index contributed by atoms with van der Waals surface area (Å²) >= 11 is 0. The number of aliphatic imine (C=N–C) groups is 2. The molecule has 2 bridgehead atoms. The summed E-state index contributed by atoms with van der Waals surface area (Å²) in [6.45, 7) is -0.202. The highest BCUT2D eigenvalue weighted by Gasteiger charge is 2.43. The number of anilines is 1. The summed E-state index contributed by atoms with van der Waals surface area (Å²) in [4.78, 5) is 31.9. The number of aliphatic hydroxyl groups is 2. The number of amidine groups is 2. The number of carbonyl (C=O) groups excluding carboxylic acids is 1. The van der Waals surface area contributed by atoms with Gasteiger partial charge in [-0.1, -0.05) is 12.1 Å². The van der Waals surface area contributed by atoms with Gasteiger partial charge in [0.1, 0.15) is 30.4 Å². The summed E-state index contributed by atoms with van der Waals surface area (Å²) < 4.78 is 44.6. The summed E-state index contributed by atoms with van der Waals surface area (Å²) in [5.74, 6) is 0.525. The van der Waals surface area contributed by atoms with E-state index in [2.05, 4.69) is 30.6 Å². The first-order valence-electron chi connectivity index (χ1n) is 11.3. The van der Waals surface area contributed by atoms with Crippen molar-refractivity contribution in [3.8, 4) is 6.01 Å². The van der Waals surface area contributed by atoms with Crippen molar-refractivity contribution in [2.45, 2.75) is 30.8 Å². The maximum absolute atomic E-state index is 13.1. The number of fused-ring (bicyclic) bond motifs is 4. The Hall–Kier alpha value is -4.04. The molecule has 3 aliphatic rings. The van der Waals surface area contributed by atoms with Crippen LogP contribution in [-0.2, 0) is 11.0 Å². The second-order valence-electron chi connectivity index (χ2n) is 8.59. The lowest BCUT2D eigenvalue weighted by Gasteiger charge is -2.32. The molecule has 4 N–H and O–H groups in total. The van der Waals surface area contributed by atoms with Crippen LogP contribution in [0.2, 0.25) is 0 Å². The average molecular weight is 517 g/mol. The van der Waals surface area contributed by atoms with Crippen LogP contribution in [0.5, 0.6) is 6.01 Å². The topological polar surface area (TPSA) is 145 Å². The minimum Gasteiger partial charge on any atom is -0.461 e. The predicted molar refractivity (Wildman–Crippen MR) is 125 cm³/mol. The molecule has 3 atom stereocenters. The number of aliphatic hydroxyl groups excluding tert-OH is 2. The van der Waals surface area contributed by atoms with E-state index < -0.39 is 30.5 Å². The molecule has 0 saturated carbocycles.